The van der Waals surface area contributed by atoms with Gasteiger partial charge in [-0.1, -0.05) is 6.92 Å². The van der Waals surface area contributed by atoms with Crippen molar-refractivity contribution in [2.24, 2.45) is 0 Å². The molecule has 2 N–H and O–H groups in total. The standard InChI is InChI=1S/C13H25N3O/c1-2-16-8-4-6-12(16)10-15-13(17)9-11-5-3-7-14-11/h11-12,14H,2-10H2,1H3,(H,15,17). The molecule has 0 aromatic heterocycles. The first-order valence-corrected chi connectivity index (χ1v) is 7.03. The number of hydrogen-bond donors (Lipinski definition) is 2. The summed E-state index contributed by atoms with van der Waals surface area (Å²) in [7, 11) is 0. The summed E-state index contributed by atoms with van der Waals surface area (Å²) in [6.45, 7) is 6.40. The van der Waals surface area contributed by atoms with Gasteiger partial charge in [0.25, 0.3) is 0 Å². The molecule has 98 valence electrons. The molecule has 2 saturated heterocycles. The Balaban J connectivity index is 1.65. The molecule has 0 aromatic carbocycles. The molecule has 4 heteroatoms. The van der Waals surface area contributed by atoms with Crippen LogP contribution in [0, 0.1) is 0 Å². The Morgan fingerprint density at radius 3 is 3.00 bits per heavy atom. The summed E-state index contributed by atoms with van der Waals surface area (Å²) in [5.41, 5.74) is 0. The van der Waals surface area contributed by atoms with Crippen molar-refractivity contribution in [3.8, 4) is 0 Å². The van der Waals surface area contributed by atoms with Crippen LogP contribution in [0.1, 0.15) is 39.0 Å². The maximum Gasteiger partial charge on any atom is 0.221 e. The largest absolute Gasteiger partial charge is 0.354 e. The van der Waals surface area contributed by atoms with Crippen LogP contribution in [0.3, 0.4) is 0 Å². The van der Waals surface area contributed by atoms with Gasteiger partial charge in [0.1, 0.15) is 0 Å². The molecule has 2 fully saturated rings. The van der Waals surface area contributed by atoms with E-state index in [1.54, 1.807) is 0 Å². The Kier molecular flexibility index (Phi) is 4.80. The highest BCUT2D eigenvalue weighted by molar-refractivity contribution is 5.76. The van der Waals surface area contributed by atoms with E-state index in [1.807, 2.05) is 0 Å². The van der Waals surface area contributed by atoms with Gasteiger partial charge in [-0.05, 0) is 45.3 Å². The molecule has 0 aliphatic carbocycles. The zero-order valence-electron chi connectivity index (χ0n) is 10.9. The molecule has 0 spiro atoms. The number of nitrogens with one attached hydrogen (secondary N) is 2. The Morgan fingerprint density at radius 2 is 2.29 bits per heavy atom. The van der Waals surface area contributed by atoms with Crippen LogP contribution in [0.5, 0.6) is 0 Å². The summed E-state index contributed by atoms with van der Waals surface area (Å²) < 4.78 is 0. The maximum atomic E-state index is 11.8. The number of carbonyl (C=O) groups excluding carboxylic acids is 1. The van der Waals surface area contributed by atoms with Crippen LogP contribution >= 0.6 is 0 Å². The van der Waals surface area contributed by atoms with E-state index in [4.69, 9.17) is 0 Å². The smallest absolute Gasteiger partial charge is 0.221 e. The SMILES string of the molecule is CCN1CCCC1CNC(=O)CC1CCCN1. The van der Waals surface area contributed by atoms with Gasteiger partial charge >= 0.3 is 0 Å². The van der Waals surface area contributed by atoms with Crippen molar-refractivity contribution in [2.75, 3.05) is 26.2 Å². The fraction of sp³-hybridized carbons (Fsp3) is 0.923. The van der Waals surface area contributed by atoms with Crippen molar-refractivity contribution in [1.82, 2.24) is 15.5 Å². The first kappa shape index (κ1) is 12.8. The summed E-state index contributed by atoms with van der Waals surface area (Å²) in [4.78, 5) is 14.2. The minimum Gasteiger partial charge on any atom is -0.354 e. The zero-order chi connectivity index (χ0) is 12.1. The van der Waals surface area contributed by atoms with Gasteiger partial charge in [-0.2, -0.15) is 0 Å². The molecule has 2 heterocycles. The van der Waals surface area contributed by atoms with E-state index in [-0.39, 0.29) is 5.91 Å². The number of nitrogens with zero attached hydrogens (tertiary/aromatic N) is 1. The lowest BCUT2D eigenvalue weighted by molar-refractivity contribution is -0.121. The van der Waals surface area contributed by atoms with Gasteiger partial charge in [0.05, 0.1) is 0 Å². The molecule has 4 nitrogen and oxygen atoms in total. The number of amides is 1. The average molecular weight is 239 g/mol. The molecule has 2 rings (SSSR count). The first-order valence-electron chi connectivity index (χ1n) is 7.03. The van der Waals surface area contributed by atoms with Crippen molar-refractivity contribution in [3.05, 3.63) is 0 Å². The van der Waals surface area contributed by atoms with Gasteiger partial charge < -0.3 is 10.6 Å². The van der Waals surface area contributed by atoms with Gasteiger partial charge in [0, 0.05) is 25.0 Å². The van der Waals surface area contributed by atoms with E-state index >= 15 is 0 Å². The third kappa shape index (κ3) is 3.68. The number of rotatable bonds is 5. The minimum atomic E-state index is 0.215. The predicted octanol–water partition coefficient (Wildman–Crippen LogP) is 0.729. The van der Waals surface area contributed by atoms with E-state index in [0.717, 1.165) is 26.1 Å². The molecule has 0 radical (unpaired) electrons. The fourth-order valence-corrected chi connectivity index (χ4v) is 3.00. The molecule has 0 bridgehead atoms. The number of carbonyl (C=O) groups is 1. The molecular weight excluding hydrogens is 214 g/mol. The quantitative estimate of drug-likeness (QED) is 0.743. The molecule has 17 heavy (non-hydrogen) atoms. The Bertz CT molecular complexity index is 251. The second kappa shape index (κ2) is 6.36. The highest BCUT2D eigenvalue weighted by atomic mass is 16.1. The highest BCUT2D eigenvalue weighted by Crippen LogP contribution is 2.15. The minimum absolute atomic E-state index is 0.215. The third-order valence-electron chi connectivity index (χ3n) is 4.03. The van der Waals surface area contributed by atoms with Gasteiger partial charge in [-0.3, -0.25) is 9.69 Å². The Hall–Kier alpha value is -0.610. The third-order valence-corrected chi connectivity index (χ3v) is 4.03. The van der Waals surface area contributed by atoms with Gasteiger partial charge in [0.15, 0.2) is 0 Å². The van der Waals surface area contributed by atoms with Crippen LogP contribution in [0.15, 0.2) is 0 Å². The Morgan fingerprint density at radius 1 is 1.41 bits per heavy atom. The van der Waals surface area contributed by atoms with Crippen LogP contribution in [0.4, 0.5) is 0 Å². The summed E-state index contributed by atoms with van der Waals surface area (Å²) in [5.74, 6) is 0.215. The van der Waals surface area contributed by atoms with E-state index in [9.17, 15) is 4.79 Å². The zero-order valence-corrected chi connectivity index (χ0v) is 10.9. The highest BCUT2D eigenvalue weighted by Gasteiger charge is 2.24. The molecule has 2 aliphatic rings. The molecular formula is C13H25N3O. The Labute approximate surface area is 104 Å². The average Bonchev–Trinajstić information content (AvgIpc) is 2.96. The van der Waals surface area contributed by atoms with E-state index in [2.05, 4.69) is 22.5 Å². The molecule has 0 aromatic rings. The predicted molar refractivity (Wildman–Crippen MR) is 68.9 cm³/mol. The van der Waals surface area contributed by atoms with Crippen molar-refractivity contribution in [2.45, 2.75) is 51.1 Å². The molecule has 2 unspecified atom stereocenters. The second-order valence-corrected chi connectivity index (χ2v) is 5.23. The van der Waals surface area contributed by atoms with Crippen molar-refractivity contribution >= 4 is 5.91 Å². The van der Waals surface area contributed by atoms with Gasteiger partial charge in [0.2, 0.25) is 5.91 Å². The maximum absolute atomic E-state index is 11.8. The normalized spacial score (nSPS) is 29.7. The van der Waals surface area contributed by atoms with Crippen molar-refractivity contribution in [1.29, 1.82) is 0 Å². The molecule has 2 atom stereocenters. The lowest BCUT2D eigenvalue weighted by atomic mass is 10.1. The number of hydrogen-bond acceptors (Lipinski definition) is 3. The van der Waals surface area contributed by atoms with Crippen LogP contribution in [-0.2, 0) is 4.79 Å². The molecule has 1 amide bonds. The topological polar surface area (TPSA) is 44.4 Å². The van der Waals surface area contributed by atoms with Crippen molar-refractivity contribution in [3.63, 3.8) is 0 Å². The van der Waals surface area contributed by atoms with Crippen LogP contribution < -0.4 is 10.6 Å². The molecule has 2 aliphatic heterocycles. The van der Waals surface area contributed by atoms with E-state index in [0.29, 0.717) is 18.5 Å². The number of likely N-dealkylation sites (tertiary alicyclic amines) is 1. The van der Waals surface area contributed by atoms with E-state index < -0.39 is 0 Å². The summed E-state index contributed by atoms with van der Waals surface area (Å²) in [5, 5.41) is 6.46. The first-order chi connectivity index (χ1) is 8.29. The van der Waals surface area contributed by atoms with E-state index in [1.165, 1.54) is 25.8 Å². The summed E-state index contributed by atoms with van der Waals surface area (Å²) >= 11 is 0. The number of likely N-dealkylation sites (N-methyl/N-ethyl adjacent to an activating group) is 1. The molecule has 0 saturated carbocycles. The second-order valence-electron chi connectivity index (χ2n) is 5.23. The van der Waals surface area contributed by atoms with Gasteiger partial charge in [-0.15, -0.1) is 0 Å². The van der Waals surface area contributed by atoms with Crippen molar-refractivity contribution < 1.29 is 4.79 Å². The van der Waals surface area contributed by atoms with Crippen LogP contribution in [-0.4, -0.2) is 49.1 Å². The monoisotopic (exact) mass is 239 g/mol. The van der Waals surface area contributed by atoms with Crippen LogP contribution in [0.2, 0.25) is 0 Å². The van der Waals surface area contributed by atoms with Crippen LogP contribution in [0.25, 0.3) is 0 Å². The lowest BCUT2D eigenvalue weighted by Crippen LogP contribution is -2.41. The summed E-state index contributed by atoms with van der Waals surface area (Å²) in [6, 6.07) is 0.987. The summed E-state index contributed by atoms with van der Waals surface area (Å²) in [6.07, 6.45) is 5.52. The lowest BCUT2D eigenvalue weighted by Gasteiger charge is -2.23. The fourth-order valence-electron chi connectivity index (χ4n) is 3.00. The van der Waals surface area contributed by atoms with Gasteiger partial charge in [-0.25, -0.2) is 0 Å².